The Morgan fingerprint density at radius 1 is 1.26 bits per heavy atom. The van der Waals surface area contributed by atoms with Crippen molar-refractivity contribution in [3.8, 4) is 0 Å². The van der Waals surface area contributed by atoms with E-state index in [1.165, 1.54) is 0 Å². The summed E-state index contributed by atoms with van der Waals surface area (Å²) >= 11 is 0. The van der Waals surface area contributed by atoms with E-state index in [1.807, 2.05) is 6.92 Å². The molecule has 3 aliphatic rings. The third-order valence-electron chi connectivity index (χ3n) is 6.53. The summed E-state index contributed by atoms with van der Waals surface area (Å²) in [6, 6.07) is -0.240. The molecule has 1 heterocycles. The zero-order chi connectivity index (χ0) is 20.0. The average molecular weight is 387 g/mol. The zero-order valence-electron chi connectivity index (χ0n) is 16.0. The van der Waals surface area contributed by atoms with E-state index < -0.39 is 34.5 Å². The van der Waals surface area contributed by atoms with E-state index in [9.17, 15) is 22.4 Å². The van der Waals surface area contributed by atoms with Crippen molar-refractivity contribution in [2.45, 2.75) is 76.8 Å². The number of aromatic nitrogens is 2. The second-order valence-electron chi connectivity index (χ2n) is 9.82. The van der Waals surface area contributed by atoms with Gasteiger partial charge < -0.3 is 5.32 Å². The predicted octanol–water partition coefficient (Wildman–Crippen LogP) is 4.30. The van der Waals surface area contributed by atoms with Gasteiger partial charge in [0.25, 0.3) is 5.91 Å². The Kier molecular flexibility index (Phi) is 3.65. The van der Waals surface area contributed by atoms with Gasteiger partial charge in [0, 0.05) is 6.04 Å². The molecule has 3 saturated carbocycles. The number of halogens is 4. The molecule has 0 aliphatic heterocycles. The van der Waals surface area contributed by atoms with Crippen molar-refractivity contribution in [1.29, 1.82) is 0 Å². The summed E-state index contributed by atoms with van der Waals surface area (Å²) in [5.74, 6) is -0.511. The smallest absolute Gasteiger partial charge is 0.348 e. The number of rotatable bonds is 2. The molecule has 8 heteroatoms. The van der Waals surface area contributed by atoms with Crippen molar-refractivity contribution in [2.75, 3.05) is 0 Å². The van der Waals surface area contributed by atoms with E-state index in [2.05, 4.69) is 10.4 Å². The molecule has 4 rings (SSSR count). The minimum absolute atomic E-state index is 0.0309. The highest BCUT2D eigenvalue weighted by Gasteiger charge is 2.75. The van der Waals surface area contributed by atoms with Crippen LogP contribution in [0.2, 0.25) is 0 Å². The molecule has 1 amide bonds. The molecule has 4 nitrogen and oxygen atoms in total. The van der Waals surface area contributed by atoms with E-state index in [-0.39, 0.29) is 23.3 Å². The fourth-order valence-electron chi connectivity index (χ4n) is 5.81. The Bertz CT molecular complexity index is 796. The Morgan fingerprint density at radius 3 is 2.52 bits per heavy atom. The van der Waals surface area contributed by atoms with Crippen molar-refractivity contribution in [2.24, 2.45) is 17.3 Å². The summed E-state index contributed by atoms with van der Waals surface area (Å²) in [5, 5.41) is 6.61. The predicted molar refractivity (Wildman–Crippen MR) is 90.9 cm³/mol. The van der Waals surface area contributed by atoms with Crippen molar-refractivity contribution in [3.05, 3.63) is 17.5 Å². The lowest BCUT2D eigenvalue weighted by molar-refractivity contribution is -0.146. The van der Waals surface area contributed by atoms with Crippen LogP contribution in [0.1, 0.15) is 69.4 Å². The van der Waals surface area contributed by atoms with Crippen LogP contribution in [-0.2, 0) is 11.7 Å². The van der Waals surface area contributed by atoms with E-state index in [4.69, 9.17) is 0 Å². The Hall–Kier alpha value is -1.60. The molecule has 1 aromatic rings. The molecule has 1 N–H and O–H groups in total. The summed E-state index contributed by atoms with van der Waals surface area (Å²) in [5.41, 5.74) is -3.86. The standard InChI is InChI=1S/C19H25F4N3O/c1-10-5-17(20)7-12-13(18(12,6-10)9-17)25-15(27)11-8-24-26(16(2,3)4)14(11)19(21,22)23/h8,10,12-13H,5-7,9H2,1-4H3,(H,25,27)/t10?,12?,13-,17-,18?/m1/s1. The van der Waals surface area contributed by atoms with Crippen molar-refractivity contribution in [3.63, 3.8) is 0 Å². The van der Waals surface area contributed by atoms with Crippen LogP contribution in [0.5, 0.6) is 0 Å². The van der Waals surface area contributed by atoms with Gasteiger partial charge in [0.2, 0.25) is 0 Å². The second-order valence-corrected chi connectivity index (χ2v) is 9.82. The lowest BCUT2D eigenvalue weighted by Crippen LogP contribution is -2.40. The normalized spacial score (nSPS) is 37.9. The first-order chi connectivity index (χ1) is 12.3. The number of alkyl halides is 4. The lowest BCUT2D eigenvalue weighted by atomic mass is 9.75. The van der Waals surface area contributed by atoms with Crippen LogP contribution in [0.25, 0.3) is 0 Å². The van der Waals surface area contributed by atoms with Crippen LogP contribution in [0.15, 0.2) is 6.20 Å². The van der Waals surface area contributed by atoms with E-state index >= 15 is 0 Å². The number of carbonyl (C=O) groups excluding carboxylic acids is 1. The molecule has 0 saturated heterocycles. The van der Waals surface area contributed by atoms with Gasteiger partial charge in [0.1, 0.15) is 5.67 Å². The fourth-order valence-corrected chi connectivity index (χ4v) is 5.81. The highest BCUT2D eigenvalue weighted by Crippen LogP contribution is 2.73. The lowest BCUT2D eigenvalue weighted by Gasteiger charge is -2.35. The minimum atomic E-state index is -4.69. The SMILES string of the molecule is CC1CC23C[C@@](F)(C1)CC2[C@H]3NC(=O)c1cnn(C(C)(C)C)c1C(F)(F)F. The van der Waals surface area contributed by atoms with Gasteiger partial charge in [-0.15, -0.1) is 0 Å². The van der Waals surface area contributed by atoms with Gasteiger partial charge in [0.15, 0.2) is 5.69 Å². The molecule has 3 unspecified atom stereocenters. The van der Waals surface area contributed by atoms with Gasteiger partial charge in [-0.25, -0.2) is 4.39 Å². The molecule has 2 bridgehead atoms. The van der Waals surface area contributed by atoms with Gasteiger partial charge in [-0.3, -0.25) is 9.48 Å². The number of hydrogen-bond donors (Lipinski definition) is 1. The molecule has 0 radical (unpaired) electrons. The number of hydrogen-bond acceptors (Lipinski definition) is 2. The van der Waals surface area contributed by atoms with Gasteiger partial charge in [-0.2, -0.15) is 18.3 Å². The quantitative estimate of drug-likeness (QED) is 0.769. The van der Waals surface area contributed by atoms with E-state index in [0.29, 0.717) is 19.3 Å². The second kappa shape index (κ2) is 5.26. The van der Waals surface area contributed by atoms with Crippen LogP contribution in [0.3, 0.4) is 0 Å². The largest absolute Gasteiger partial charge is 0.433 e. The van der Waals surface area contributed by atoms with Crippen LogP contribution in [0, 0.1) is 17.3 Å². The van der Waals surface area contributed by atoms with Gasteiger partial charge in [-0.1, -0.05) is 6.92 Å². The molecule has 0 aromatic carbocycles. The summed E-state index contributed by atoms with van der Waals surface area (Å²) in [4.78, 5) is 12.7. The van der Waals surface area contributed by atoms with Crippen molar-refractivity contribution in [1.82, 2.24) is 15.1 Å². The molecule has 27 heavy (non-hydrogen) atoms. The summed E-state index contributed by atoms with van der Waals surface area (Å²) in [6.45, 7) is 6.81. The topological polar surface area (TPSA) is 46.9 Å². The average Bonchev–Trinajstić information content (AvgIpc) is 2.87. The third-order valence-corrected chi connectivity index (χ3v) is 6.53. The number of nitrogens with one attached hydrogen (secondary N) is 1. The minimum Gasteiger partial charge on any atom is -0.348 e. The monoisotopic (exact) mass is 387 g/mol. The van der Waals surface area contributed by atoms with E-state index in [1.54, 1.807) is 20.8 Å². The van der Waals surface area contributed by atoms with Gasteiger partial charge in [0.05, 0.1) is 17.3 Å². The highest BCUT2D eigenvalue weighted by molar-refractivity contribution is 5.96. The molecule has 1 aromatic heterocycles. The molecule has 1 spiro atoms. The molecule has 3 fully saturated rings. The molecule has 5 atom stereocenters. The van der Waals surface area contributed by atoms with Gasteiger partial charge in [-0.05, 0) is 63.7 Å². The Labute approximate surface area is 155 Å². The first-order valence-corrected chi connectivity index (χ1v) is 9.42. The summed E-state index contributed by atoms with van der Waals surface area (Å²) < 4.78 is 56.5. The van der Waals surface area contributed by atoms with Crippen LogP contribution < -0.4 is 5.32 Å². The highest BCUT2D eigenvalue weighted by atomic mass is 19.4. The number of nitrogens with zero attached hydrogens (tertiary/aromatic N) is 2. The number of amides is 1. The van der Waals surface area contributed by atoms with Crippen molar-refractivity contribution >= 4 is 5.91 Å². The maximum absolute atomic E-state index is 14.8. The van der Waals surface area contributed by atoms with Crippen molar-refractivity contribution < 1.29 is 22.4 Å². The zero-order valence-corrected chi connectivity index (χ0v) is 16.0. The van der Waals surface area contributed by atoms with Crippen LogP contribution >= 0.6 is 0 Å². The molecular formula is C19H25F4N3O. The summed E-state index contributed by atoms with van der Waals surface area (Å²) in [6.07, 6.45) is -1.53. The number of carbonyl (C=O) groups is 1. The molecular weight excluding hydrogens is 362 g/mol. The van der Waals surface area contributed by atoms with E-state index in [0.717, 1.165) is 17.3 Å². The Morgan fingerprint density at radius 2 is 1.93 bits per heavy atom. The number of fused-ring (bicyclic) bond motifs is 1. The third kappa shape index (κ3) is 2.78. The maximum Gasteiger partial charge on any atom is 0.433 e. The molecule has 3 aliphatic carbocycles. The first-order valence-electron chi connectivity index (χ1n) is 9.42. The maximum atomic E-state index is 14.8. The van der Waals surface area contributed by atoms with Gasteiger partial charge >= 0.3 is 6.18 Å². The molecule has 150 valence electrons. The first kappa shape index (κ1) is 18.7. The van der Waals surface area contributed by atoms with Crippen LogP contribution in [-0.4, -0.2) is 27.4 Å². The Balaban J connectivity index is 1.59. The summed E-state index contributed by atoms with van der Waals surface area (Å²) in [7, 11) is 0. The fraction of sp³-hybridized carbons (Fsp3) is 0.789. The van der Waals surface area contributed by atoms with Crippen LogP contribution in [0.4, 0.5) is 17.6 Å².